The van der Waals surface area contributed by atoms with Crippen molar-refractivity contribution >= 4 is 16.7 Å². The van der Waals surface area contributed by atoms with Crippen molar-refractivity contribution in [2.45, 2.75) is 6.42 Å². The Morgan fingerprint density at radius 3 is 2.42 bits per heavy atom. The molecule has 0 aliphatic rings. The Morgan fingerprint density at radius 1 is 0.885 bits per heavy atom. The molecule has 5 heteroatoms. The van der Waals surface area contributed by atoms with Crippen LogP contribution in [0.25, 0.3) is 16.7 Å². The molecule has 0 amide bonds. The van der Waals surface area contributed by atoms with Gasteiger partial charge in [-0.05, 0) is 54.4 Å². The van der Waals surface area contributed by atoms with E-state index in [1.807, 2.05) is 48.5 Å². The van der Waals surface area contributed by atoms with Crippen molar-refractivity contribution in [2.24, 2.45) is 0 Å². The number of methoxy groups -OCH3 is 1. The molecule has 0 atom stereocenters. The van der Waals surface area contributed by atoms with Gasteiger partial charge in [0.25, 0.3) is 0 Å². The van der Waals surface area contributed by atoms with Crippen molar-refractivity contribution in [1.29, 1.82) is 0 Å². The zero-order valence-electron chi connectivity index (χ0n) is 14.6. The molecule has 1 heterocycles. The molecule has 1 aromatic heterocycles. The molecule has 0 spiro atoms. The van der Waals surface area contributed by atoms with Crippen LogP contribution in [0.3, 0.4) is 0 Å². The van der Waals surface area contributed by atoms with Crippen molar-refractivity contribution in [1.82, 2.24) is 15.0 Å². The number of aromatic nitrogens is 3. The highest BCUT2D eigenvalue weighted by Crippen LogP contribution is 2.19. The van der Waals surface area contributed by atoms with Gasteiger partial charge in [-0.2, -0.15) is 4.80 Å². The maximum atomic E-state index is 5.19. The van der Waals surface area contributed by atoms with Gasteiger partial charge in [-0.3, -0.25) is 0 Å². The lowest BCUT2D eigenvalue weighted by atomic mass is 10.1. The molecule has 26 heavy (non-hydrogen) atoms. The standard InChI is InChI=1S/C21H20N4O/c1-26-19-10-8-18(9-11-19)25-23-20-12-7-17(15-21(20)24-25)22-14-13-16-5-3-2-4-6-16/h2-12,15,22H,13-14H2,1H3. The highest BCUT2D eigenvalue weighted by Gasteiger charge is 2.06. The second kappa shape index (κ2) is 7.27. The minimum Gasteiger partial charge on any atom is -0.497 e. The minimum absolute atomic E-state index is 0.815. The first kappa shape index (κ1) is 16.1. The number of fused-ring (bicyclic) bond motifs is 1. The van der Waals surface area contributed by atoms with E-state index in [-0.39, 0.29) is 0 Å². The van der Waals surface area contributed by atoms with Crippen LogP contribution in [0.1, 0.15) is 5.56 Å². The number of hydrogen-bond acceptors (Lipinski definition) is 4. The molecule has 0 aliphatic heterocycles. The molecule has 0 aliphatic carbocycles. The molecule has 130 valence electrons. The minimum atomic E-state index is 0.815. The predicted octanol–water partition coefficient (Wildman–Crippen LogP) is 4.08. The molecule has 0 bridgehead atoms. The highest BCUT2D eigenvalue weighted by molar-refractivity contribution is 5.78. The Labute approximate surface area is 152 Å². The van der Waals surface area contributed by atoms with Gasteiger partial charge in [-0.25, -0.2) is 0 Å². The second-order valence-corrected chi connectivity index (χ2v) is 6.05. The summed E-state index contributed by atoms with van der Waals surface area (Å²) in [4.78, 5) is 1.65. The average Bonchev–Trinajstić information content (AvgIpc) is 3.12. The van der Waals surface area contributed by atoms with E-state index >= 15 is 0 Å². The topological polar surface area (TPSA) is 52.0 Å². The third kappa shape index (κ3) is 3.52. The van der Waals surface area contributed by atoms with E-state index in [0.717, 1.165) is 41.1 Å². The lowest BCUT2D eigenvalue weighted by Crippen LogP contribution is -2.04. The number of nitrogens with zero attached hydrogens (tertiary/aromatic N) is 3. The van der Waals surface area contributed by atoms with E-state index < -0.39 is 0 Å². The van der Waals surface area contributed by atoms with Crippen LogP contribution in [0.5, 0.6) is 5.75 Å². The Balaban J connectivity index is 1.48. The summed E-state index contributed by atoms with van der Waals surface area (Å²) in [6, 6.07) is 24.2. The normalized spacial score (nSPS) is 10.8. The summed E-state index contributed by atoms with van der Waals surface area (Å²) in [5.74, 6) is 0.815. The highest BCUT2D eigenvalue weighted by atomic mass is 16.5. The smallest absolute Gasteiger partial charge is 0.119 e. The third-order valence-electron chi connectivity index (χ3n) is 4.27. The Kier molecular flexibility index (Phi) is 4.51. The summed E-state index contributed by atoms with van der Waals surface area (Å²) in [7, 11) is 1.65. The lowest BCUT2D eigenvalue weighted by Gasteiger charge is -2.06. The van der Waals surface area contributed by atoms with Crippen LogP contribution in [-0.4, -0.2) is 28.6 Å². The van der Waals surface area contributed by atoms with Gasteiger partial charge in [0.2, 0.25) is 0 Å². The monoisotopic (exact) mass is 344 g/mol. The third-order valence-corrected chi connectivity index (χ3v) is 4.27. The van der Waals surface area contributed by atoms with E-state index in [9.17, 15) is 0 Å². The van der Waals surface area contributed by atoms with Crippen molar-refractivity contribution in [2.75, 3.05) is 19.0 Å². The largest absolute Gasteiger partial charge is 0.497 e. The number of benzene rings is 3. The zero-order chi connectivity index (χ0) is 17.8. The van der Waals surface area contributed by atoms with E-state index in [4.69, 9.17) is 4.74 Å². The van der Waals surface area contributed by atoms with E-state index in [2.05, 4.69) is 39.8 Å². The lowest BCUT2D eigenvalue weighted by molar-refractivity contribution is 0.414. The summed E-state index contributed by atoms with van der Waals surface area (Å²) in [5, 5.41) is 12.6. The fourth-order valence-corrected chi connectivity index (χ4v) is 2.85. The van der Waals surface area contributed by atoms with Gasteiger partial charge in [0.05, 0.1) is 12.8 Å². The Morgan fingerprint density at radius 2 is 1.65 bits per heavy atom. The molecule has 0 fully saturated rings. The summed E-state index contributed by atoms with van der Waals surface area (Å²) >= 11 is 0. The van der Waals surface area contributed by atoms with Gasteiger partial charge in [-0.1, -0.05) is 30.3 Å². The van der Waals surface area contributed by atoms with Crippen molar-refractivity contribution in [3.05, 3.63) is 78.4 Å². The number of anilines is 1. The first-order chi connectivity index (χ1) is 12.8. The molecule has 0 unspecified atom stereocenters. The quantitative estimate of drug-likeness (QED) is 0.572. The maximum Gasteiger partial charge on any atom is 0.119 e. The summed E-state index contributed by atoms with van der Waals surface area (Å²) in [6.07, 6.45) is 0.984. The number of ether oxygens (including phenoxy) is 1. The fourth-order valence-electron chi connectivity index (χ4n) is 2.85. The van der Waals surface area contributed by atoms with Crippen molar-refractivity contribution in [3.8, 4) is 11.4 Å². The predicted molar refractivity (Wildman–Crippen MR) is 104 cm³/mol. The van der Waals surface area contributed by atoms with Gasteiger partial charge in [0.15, 0.2) is 0 Å². The van der Waals surface area contributed by atoms with Crippen LogP contribution in [-0.2, 0) is 6.42 Å². The second-order valence-electron chi connectivity index (χ2n) is 6.05. The van der Waals surface area contributed by atoms with E-state index in [1.165, 1.54) is 5.56 Å². The van der Waals surface area contributed by atoms with Crippen LogP contribution in [0.15, 0.2) is 72.8 Å². The van der Waals surface area contributed by atoms with Crippen LogP contribution in [0.4, 0.5) is 5.69 Å². The Hall–Kier alpha value is -3.34. The molecule has 4 aromatic rings. The number of nitrogens with one attached hydrogen (secondary N) is 1. The number of hydrogen-bond donors (Lipinski definition) is 1. The van der Waals surface area contributed by atoms with Crippen molar-refractivity contribution in [3.63, 3.8) is 0 Å². The zero-order valence-corrected chi connectivity index (χ0v) is 14.6. The average molecular weight is 344 g/mol. The van der Waals surface area contributed by atoms with Crippen LogP contribution >= 0.6 is 0 Å². The molecule has 4 rings (SSSR count). The first-order valence-corrected chi connectivity index (χ1v) is 8.61. The first-order valence-electron chi connectivity index (χ1n) is 8.61. The molecular formula is C21H20N4O. The van der Waals surface area contributed by atoms with Gasteiger partial charge in [0, 0.05) is 12.2 Å². The van der Waals surface area contributed by atoms with Gasteiger partial charge in [-0.15, -0.1) is 10.2 Å². The van der Waals surface area contributed by atoms with Gasteiger partial charge in [0.1, 0.15) is 16.8 Å². The molecule has 0 saturated carbocycles. The molecule has 3 aromatic carbocycles. The van der Waals surface area contributed by atoms with Gasteiger partial charge < -0.3 is 10.1 Å². The molecule has 0 radical (unpaired) electrons. The summed E-state index contributed by atoms with van der Waals surface area (Å²) in [5.41, 5.74) is 5.02. The molecule has 5 nitrogen and oxygen atoms in total. The van der Waals surface area contributed by atoms with Crippen LogP contribution in [0, 0.1) is 0 Å². The molecule has 0 saturated heterocycles. The summed E-state index contributed by atoms with van der Waals surface area (Å²) in [6.45, 7) is 0.877. The molecular weight excluding hydrogens is 324 g/mol. The summed E-state index contributed by atoms with van der Waals surface area (Å²) < 4.78 is 5.19. The molecule has 1 N–H and O–H groups in total. The van der Waals surface area contributed by atoms with Crippen molar-refractivity contribution < 1.29 is 4.74 Å². The SMILES string of the molecule is COc1ccc(-n2nc3ccc(NCCc4ccccc4)cc3n2)cc1. The number of rotatable bonds is 6. The van der Waals surface area contributed by atoms with Crippen LogP contribution < -0.4 is 10.1 Å². The Bertz CT molecular complexity index is 994. The van der Waals surface area contributed by atoms with E-state index in [1.54, 1.807) is 11.9 Å². The van der Waals surface area contributed by atoms with Gasteiger partial charge >= 0.3 is 0 Å². The van der Waals surface area contributed by atoms with Crippen LogP contribution in [0.2, 0.25) is 0 Å². The van der Waals surface area contributed by atoms with E-state index in [0.29, 0.717) is 0 Å². The maximum absolute atomic E-state index is 5.19. The fraction of sp³-hybridized carbons (Fsp3) is 0.143.